The van der Waals surface area contributed by atoms with Crippen LogP contribution in [-0.4, -0.2) is 48.4 Å². The summed E-state index contributed by atoms with van der Waals surface area (Å²) < 4.78 is 32.2. The Morgan fingerprint density at radius 3 is 2.27 bits per heavy atom. The minimum atomic E-state index is -1.15. The van der Waals surface area contributed by atoms with Crippen molar-refractivity contribution >= 4 is 35.2 Å². The third-order valence-corrected chi connectivity index (χ3v) is 5.95. The fourth-order valence-corrected chi connectivity index (χ4v) is 4.05. The molecule has 4 amide bonds. The number of imide groups is 1. The van der Waals surface area contributed by atoms with Gasteiger partial charge >= 0.3 is 12.0 Å². The average molecular weight is 507 g/mol. The van der Waals surface area contributed by atoms with Crippen LogP contribution in [0.4, 0.5) is 25.0 Å². The van der Waals surface area contributed by atoms with Crippen LogP contribution in [0.5, 0.6) is 0 Å². The molecule has 0 radical (unpaired) electrons. The van der Waals surface area contributed by atoms with Crippen molar-refractivity contribution in [2.45, 2.75) is 18.9 Å². The van der Waals surface area contributed by atoms with Crippen molar-refractivity contribution in [2.24, 2.45) is 0 Å². The van der Waals surface area contributed by atoms with Gasteiger partial charge in [-0.2, -0.15) is 0 Å². The van der Waals surface area contributed by atoms with Gasteiger partial charge in [0.15, 0.2) is 0 Å². The SMILES string of the molecule is COC(=O)c1ccc(NC(=O)C[C@H]2C(=O)N(c3ccc(F)cc3)C(=O)N2CCc2ccccc2F)cc1. The second-order valence-electron chi connectivity index (χ2n) is 8.30. The third-order valence-electron chi connectivity index (χ3n) is 5.95. The predicted molar refractivity (Wildman–Crippen MR) is 131 cm³/mol. The summed E-state index contributed by atoms with van der Waals surface area (Å²) in [5.41, 5.74) is 1.19. The molecule has 0 aliphatic carbocycles. The van der Waals surface area contributed by atoms with Crippen molar-refractivity contribution < 1.29 is 32.7 Å². The molecule has 0 aromatic heterocycles. The molecular formula is C27H23F2N3O5. The van der Waals surface area contributed by atoms with E-state index in [9.17, 15) is 28.0 Å². The number of halogens is 2. The molecule has 1 aliphatic rings. The Labute approximate surface area is 211 Å². The van der Waals surface area contributed by atoms with Crippen molar-refractivity contribution in [2.75, 3.05) is 23.9 Å². The lowest BCUT2D eigenvalue weighted by atomic mass is 10.1. The van der Waals surface area contributed by atoms with Gasteiger partial charge in [-0.05, 0) is 66.6 Å². The van der Waals surface area contributed by atoms with E-state index in [1.165, 1.54) is 54.5 Å². The highest BCUT2D eigenvalue weighted by atomic mass is 19.1. The first-order chi connectivity index (χ1) is 17.8. The number of carbonyl (C=O) groups excluding carboxylic acids is 4. The predicted octanol–water partition coefficient (Wildman–Crippen LogP) is 4.16. The van der Waals surface area contributed by atoms with Gasteiger partial charge in [0.1, 0.15) is 17.7 Å². The molecule has 1 saturated heterocycles. The van der Waals surface area contributed by atoms with E-state index >= 15 is 0 Å². The molecule has 0 saturated carbocycles. The van der Waals surface area contributed by atoms with Crippen molar-refractivity contribution in [3.05, 3.63) is 95.6 Å². The van der Waals surface area contributed by atoms with Gasteiger partial charge in [-0.25, -0.2) is 23.3 Å². The number of urea groups is 1. The maximum absolute atomic E-state index is 14.2. The summed E-state index contributed by atoms with van der Waals surface area (Å²) in [6, 6.07) is 15.0. The molecule has 3 aromatic carbocycles. The van der Waals surface area contributed by atoms with Crippen LogP contribution < -0.4 is 10.2 Å². The van der Waals surface area contributed by atoms with Crippen molar-refractivity contribution in [3.63, 3.8) is 0 Å². The zero-order valence-corrected chi connectivity index (χ0v) is 19.8. The Morgan fingerprint density at radius 1 is 0.946 bits per heavy atom. The van der Waals surface area contributed by atoms with Crippen LogP contribution in [0.2, 0.25) is 0 Å². The minimum absolute atomic E-state index is 0.0189. The Bertz CT molecular complexity index is 1330. The smallest absolute Gasteiger partial charge is 0.337 e. The van der Waals surface area contributed by atoms with Crippen molar-refractivity contribution in [1.82, 2.24) is 4.90 Å². The van der Waals surface area contributed by atoms with Gasteiger partial charge < -0.3 is 15.0 Å². The fourth-order valence-electron chi connectivity index (χ4n) is 4.05. The summed E-state index contributed by atoms with van der Waals surface area (Å²) in [6.07, 6.45) is -0.242. The van der Waals surface area contributed by atoms with Crippen LogP contribution in [0, 0.1) is 11.6 Å². The van der Waals surface area contributed by atoms with Gasteiger partial charge in [0.25, 0.3) is 5.91 Å². The van der Waals surface area contributed by atoms with Gasteiger partial charge in [-0.3, -0.25) is 9.59 Å². The molecular weight excluding hydrogens is 484 g/mol. The zero-order chi connectivity index (χ0) is 26.5. The Balaban J connectivity index is 1.53. The molecule has 1 atom stereocenters. The highest BCUT2D eigenvalue weighted by Gasteiger charge is 2.46. The summed E-state index contributed by atoms with van der Waals surface area (Å²) in [5, 5.41) is 2.64. The standard InChI is InChI=1S/C27H23F2N3O5/c1-37-26(35)18-6-10-20(11-7-18)30-24(33)16-23-25(34)32(21-12-8-19(28)9-13-21)27(36)31(23)15-14-17-4-2-3-5-22(17)29/h2-13,23H,14-16H2,1H3,(H,30,33)/t23-/m0/s1. The highest BCUT2D eigenvalue weighted by Crippen LogP contribution is 2.28. The lowest BCUT2D eigenvalue weighted by molar-refractivity contribution is -0.124. The first kappa shape index (κ1) is 25.5. The molecule has 1 fully saturated rings. The van der Waals surface area contributed by atoms with Gasteiger partial charge in [0.05, 0.1) is 24.8 Å². The van der Waals surface area contributed by atoms with E-state index < -0.39 is 41.5 Å². The maximum Gasteiger partial charge on any atom is 0.337 e. The number of hydrogen-bond acceptors (Lipinski definition) is 5. The molecule has 37 heavy (non-hydrogen) atoms. The van der Waals surface area contributed by atoms with Gasteiger partial charge in [-0.15, -0.1) is 0 Å². The van der Waals surface area contributed by atoms with E-state index in [0.717, 1.165) is 17.0 Å². The average Bonchev–Trinajstić information content (AvgIpc) is 3.12. The molecule has 1 N–H and O–H groups in total. The zero-order valence-electron chi connectivity index (χ0n) is 19.8. The van der Waals surface area contributed by atoms with Crippen molar-refractivity contribution in [1.29, 1.82) is 0 Å². The largest absolute Gasteiger partial charge is 0.465 e. The molecule has 3 aromatic rings. The van der Waals surface area contributed by atoms with Crippen molar-refractivity contribution in [3.8, 4) is 0 Å². The molecule has 190 valence electrons. The number of nitrogens with zero attached hydrogens (tertiary/aromatic N) is 2. The quantitative estimate of drug-likeness (QED) is 0.365. The van der Waals surface area contributed by atoms with E-state index in [1.54, 1.807) is 18.2 Å². The van der Waals surface area contributed by atoms with E-state index in [0.29, 0.717) is 16.8 Å². The molecule has 1 heterocycles. The number of methoxy groups -OCH3 is 1. The number of amides is 4. The monoisotopic (exact) mass is 507 g/mol. The molecule has 0 spiro atoms. The number of carbonyl (C=O) groups is 4. The second kappa shape index (κ2) is 11.0. The number of nitrogens with one attached hydrogen (secondary N) is 1. The fraction of sp³-hybridized carbons (Fsp3) is 0.185. The number of esters is 1. The number of ether oxygens (including phenoxy) is 1. The lowest BCUT2D eigenvalue weighted by Crippen LogP contribution is -2.39. The summed E-state index contributed by atoms with van der Waals surface area (Å²) in [4.78, 5) is 53.1. The van der Waals surface area contributed by atoms with E-state index in [2.05, 4.69) is 10.1 Å². The van der Waals surface area contributed by atoms with E-state index in [1.807, 2.05) is 0 Å². The summed E-state index contributed by atoms with van der Waals surface area (Å²) in [5.74, 6) is -2.71. The normalized spacial score (nSPS) is 15.2. The van der Waals surface area contributed by atoms with Crippen LogP contribution in [-0.2, 0) is 20.7 Å². The Hall–Kier alpha value is -4.60. The number of hydrogen-bond donors (Lipinski definition) is 1. The Morgan fingerprint density at radius 2 is 1.62 bits per heavy atom. The number of anilines is 2. The van der Waals surface area contributed by atoms with Crippen LogP contribution in [0.15, 0.2) is 72.8 Å². The first-order valence-electron chi connectivity index (χ1n) is 11.4. The van der Waals surface area contributed by atoms with Crippen LogP contribution in [0.25, 0.3) is 0 Å². The first-order valence-corrected chi connectivity index (χ1v) is 11.4. The lowest BCUT2D eigenvalue weighted by Gasteiger charge is -2.21. The van der Waals surface area contributed by atoms with E-state index in [4.69, 9.17) is 0 Å². The highest BCUT2D eigenvalue weighted by molar-refractivity contribution is 6.22. The minimum Gasteiger partial charge on any atom is -0.465 e. The van der Waals surface area contributed by atoms with Gasteiger partial charge in [-0.1, -0.05) is 18.2 Å². The Kier molecular flexibility index (Phi) is 7.57. The number of benzene rings is 3. The third kappa shape index (κ3) is 5.64. The van der Waals surface area contributed by atoms with Gasteiger partial charge in [0.2, 0.25) is 5.91 Å². The summed E-state index contributed by atoms with van der Waals surface area (Å²) in [6.45, 7) is -0.0189. The van der Waals surface area contributed by atoms with Crippen LogP contribution in [0.3, 0.4) is 0 Å². The molecule has 10 heteroatoms. The molecule has 4 rings (SSSR count). The second-order valence-corrected chi connectivity index (χ2v) is 8.30. The summed E-state index contributed by atoms with van der Waals surface area (Å²) >= 11 is 0. The topological polar surface area (TPSA) is 96.0 Å². The maximum atomic E-state index is 14.2. The molecule has 0 unspecified atom stereocenters. The van der Waals surface area contributed by atoms with Gasteiger partial charge in [0, 0.05) is 12.2 Å². The van der Waals surface area contributed by atoms with E-state index in [-0.39, 0.29) is 25.1 Å². The van der Waals surface area contributed by atoms with Crippen LogP contribution in [0.1, 0.15) is 22.3 Å². The summed E-state index contributed by atoms with van der Waals surface area (Å²) in [7, 11) is 1.26. The molecule has 1 aliphatic heterocycles. The van der Waals surface area contributed by atoms with Crippen LogP contribution >= 0.6 is 0 Å². The molecule has 0 bridgehead atoms. The molecule has 8 nitrogen and oxygen atoms in total. The number of rotatable bonds is 8.